The Bertz CT molecular complexity index is 272. The zero-order chi connectivity index (χ0) is 12.7. The Labute approximate surface area is 113 Å². The molecule has 18 heavy (non-hydrogen) atoms. The normalized spacial score (nSPS) is 16.1. The molecule has 0 amide bonds. The first-order valence-corrected chi connectivity index (χ1v) is 6.84. The van der Waals surface area contributed by atoms with Gasteiger partial charge in [-0.15, -0.1) is 0 Å². The summed E-state index contributed by atoms with van der Waals surface area (Å²) in [6.07, 6.45) is 8.03. The lowest BCUT2D eigenvalue weighted by atomic mass is 10.1. The fourth-order valence-corrected chi connectivity index (χ4v) is 2.02. The SMILES string of the molecule is C.CC(C)N1CCCCC1.CC(C)n1cccn1. The van der Waals surface area contributed by atoms with Crippen molar-refractivity contribution in [2.75, 3.05) is 13.1 Å². The summed E-state index contributed by atoms with van der Waals surface area (Å²) in [5.41, 5.74) is 0. The molecule has 1 aliphatic rings. The average molecular weight is 253 g/mol. The highest BCUT2D eigenvalue weighted by Gasteiger charge is 2.11. The molecule has 2 rings (SSSR count). The van der Waals surface area contributed by atoms with Crippen LogP contribution in [0.3, 0.4) is 0 Å². The van der Waals surface area contributed by atoms with Crippen molar-refractivity contribution in [3.8, 4) is 0 Å². The number of nitrogens with zero attached hydrogens (tertiary/aromatic N) is 3. The molecular formula is C15H31N3. The van der Waals surface area contributed by atoms with Crippen molar-refractivity contribution < 1.29 is 0 Å². The van der Waals surface area contributed by atoms with Crippen LogP contribution in [0.5, 0.6) is 0 Å². The summed E-state index contributed by atoms with van der Waals surface area (Å²) in [6.45, 7) is 11.4. The van der Waals surface area contributed by atoms with E-state index in [4.69, 9.17) is 0 Å². The topological polar surface area (TPSA) is 21.1 Å². The Morgan fingerprint density at radius 3 is 1.83 bits per heavy atom. The van der Waals surface area contributed by atoms with E-state index in [1.54, 1.807) is 6.20 Å². The lowest BCUT2D eigenvalue weighted by Gasteiger charge is -2.29. The van der Waals surface area contributed by atoms with Gasteiger partial charge in [0.15, 0.2) is 0 Å². The molecule has 3 heteroatoms. The number of rotatable bonds is 2. The van der Waals surface area contributed by atoms with Gasteiger partial charge in [-0.2, -0.15) is 5.10 Å². The zero-order valence-electron chi connectivity index (χ0n) is 11.8. The van der Waals surface area contributed by atoms with Gasteiger partial charge < -0.3 is 4.90 Å². The number of aromatic nitrogens is 2. The van der Waals surface area contributed by atoms with E-state index in [-0.39, 0.29) is 7.43 Å². The molecule has 0 N–H and O–H groups in total. The predicted molar refractivity (Wildman–Crippen MR) is 79.9 cm³/mol. The summed E-state index contributed by atoms with van der Waals surface area (Å²) in [6, 6.07) is 3.19. The predicted octanol–water partition coefficient (Wildman–Crippen LogP) is 3.98. The molecular weight excluding hydrogens is 222 g/mol. The van der Waals surface area contributed by atoms with Crippen LogP contribution < -0.4 is 0 Å². The Kier molecular flexibility index (Phi) is 8.73. The summed E-state index contributed by atoms with van der Waals surface area (Å²) >= 11 is 0. The third kappa shape index (κ3) is 6.20. The maximum Gasteiger partial charge on any atom is 0.0489 e. The van der Waals surface area contributed by atoms with Crippen molar-refractivity contribution in [1.82, 2.24) is 14.7 Å². The van der Waals surface area contributed by atoms with Crippen LogP contribution in [0.4, 0.5) is 0 Å². The van der Waals surface area contributed by atoms with Crippen molar-refractivity contribution in [2.24, 2.45) is 0 Å². The number of hydrogen-bond acceptors (Lipinski definition) is 2. The van der Waals surface area contributed by atoms with Crippen molar-refractivity contribution in [3.63, 3.8) is 0 Å². The van der Waals surface area contributed by atoms with Crippen LogP contribution in [0, 0.1) is 0 Å². The molecule has 106 valence electrons. The standard InChI is InChI=1S/C8H17N.C6H10N2.CH4/c1-8(2)9-6-4-3-5-7-9;1-6(2)8-5-3-4-7-8;/h8H,3-7H2,1-2H3;3-6H,1-2H3;1H4. The van der Waals surface area contributed by atoms with E-state index in [2.05, 4.69) is 37.7 Å². The maximum absolute atomic E-state index is 4.03. The maximum atomic E-state index is 4.03. The van der Waals surface area contributed by atoms with Gasteiger partial charge in [0.05, 0.1) is 0 Å². The van der Waals surface area contributed by atoms with E-state index < -0.39 is 0 Å². The van der Waals surface area contributed by atoms with E-state index in [0.29, 0.717) is 6.04 Å². The van der Waals surface area contributed by atoms with Crippen LogP contribution in [0.1, 0.15) is 60.4 Å². The highest BCUT2D eigenvalue weighted by atomic mass is 15.3. The molecule has 0 unspecified atom stereocenters. The monoisotopic (exact) mass is 253 g/mol. The first kappa shape index (κ1) is 17.2. The van der Waals surface area contributed by atoms with Gasteiger partial charge in [0, 0.05) is 24.5 Å². The Hall–Kier alpha value is -0.830. The van der Waals surface area contributed by atoms with Crippen molar-refractivity contribution in [3.05, 3.63) is 18.5 Å². The summed E-state index contributed by atoms with van der Waals surface area (Å²) in [7, 11) is 0. The molecule has 0 bridgehead atoms. The lowest BCUT2D eigenvalue weighted by molar-refractivity contribution is 0.185. The molecule has 0 atom stereocenters. The van der Waals surface area contributed by atoms with E-state index in [1.165, 1.54) is 32.4 Å². The molecule has 0 radical (unpaired) electrons. The van der Waals surface area contributed by atoms with Crippen LogP contribution >= 0.6 is 0 Å². The minimum absolute atomic E-state index is 0. The third-order valence-corrected chi connectivity index (χ3v) is 3.17. The van der Waals surface area contributed by atoms with E-state index in [9.17, 15) is 0 Å². The lowest BCUT2D eigenvalue weighted by Crippen LogP contribution is -2.35. The van der Waals surface area contributed by atoms with Gasteiger partial charge in [0.2, 0.25) is 0 Å². The molecule has 1 fully saturated rings. The first-order chi connectivity index (χ1) is 8.11. The fourth-order valence-electron chi connectivity index (χ4n) is 2.02. The highest BCUT2D eigenvalue weighted by Crippen LogP contribution is 2.10. The van der Waals surface area contributed by atoms with Gasteiger partial charge in [0.1, 0.15) is 0 Å². The number of likely N-dealkylation sites (tertiary alicyclic amines) is 1. The molecule has 1 aromatic rings. The quantitative estimate of drug-likeness (QED) is 0.795. The van der Waals surface area contributed by atoms with E-state index in [0.717, 1.165) is 6.04 Å². The van der Waals surface area contributed by atoms with Gasteiger partial charge in [-0.3, -0.25) is 4.68 Å². The molecule has 1 aliphatic heterocycles. The second-order valence-electron chi connectivity index (χ2n) is 5.27. The summed E-state index contributed by atoms with van der Waals surface area (Å²) in [5, 5.41) is 4.03. The summed E-state index contributed by atoms with van der Waals surface area (Å²) < 4.78 is 1.92. The summed E-state index contributed by atoms with van der Waals surface area (Å²) in [4.78, 5) is 2.56. The van der Waals surface area contributed by atoms with Crippen LogP contribution in [0.25, 0.3) is 0 Å². The van der Waals surface area contributed by atoms with Gasteiger partial charge in [-0.25, -0.2) is 0 Å². The zero-order valence-corrected chi connectivity index (χ0v) is 11.8. The molecule has 1 saturated heterocycles. The minimum Gasteiger partial charge on any atom is -0.301 e. The van der Waals surface area contributed by atoms with Gasteiger partial charge >= 0.3 is 0 Å². The van der Waals surface area contributed by atoms with Gasteiger partial charge in [0.25, 0.3) is 0 Å². The van der Waals surface area contributed by atoms with Crippen LogP contribution in [0.15, 0.2) is 18.5 Å². The molecule has 0 spiro atoms. The van der Waals surface area contributed by atoms with Crippen molar-refractivity contribution >= 4 is 0 Å². The first-order valence-electron chi connectivity index (χ1n) is 6.84. The third-order valence-electron chi connectivity index (χ3n) is 3.17. The molecule has 0 aliphatic carbocycles. The minimum atomic E-state index is 0. The molecule has 2 heterocycles. The second kappa shape index (κ2) is 9.15. The largest absolute Gasteiger partial charge is 0.301 e. The molecule has 0 aromatic carbocycles. The fraction of sp³-hybridized carbons (Fsp3) is 0.800. The molecule has 3 nitrogen and oxygen atoms in total. The Balaban J connectivity index is 0.000000306. The number of hydrogen-bond donors (Lipinski definition) is 0. The van der Waals surface area contributed by atoms with E-state index in [1.807, 2.05) is 16.9 Å². The smallest absolute Gasteiger partial charge is 0.0489 e. The molecule has 1 aromatic heterocycles. The Morgan fingerprint density at radius 2 is 1.56 bits per heavy atom. The number of piperidine rings is 1. The van der Waals surface area contributed by atoms with Crippen LogP contribution in [-0.4, -0.2) is 33.8 Å². The van der Waals surface area contributed by atoms with E-state index >= 15 is 0 Å². The Morgan fingerprint density at radius 1 is 0.944 bits per heavy atom. The van der Waals surface area contributed by atoms with Crippen molar-refractivity contribution in [2.45, 2.75) is 66.5 Å². The second-order valence-corrected chi connectivity index (χ2v) is 5.27. The van der Waals surface area contributed by atoms with Gasteiger partial charge in [-0.1, -0.05) is 13.8 Å². The molecule has 0 saturated carbocycles. The van der Waals surface area contributed by atoms with Crippen molar-refractivity contribution in [1.29, 1.82) is 0 Å². The van der Waals surface area contributed by atoms with Crippen LogP contribution in [0.2, 0.25) is 0 Å². The van der Waals surface area contributed by atoms with Crippen LogP contribution in [-0.2, 0) is 0 Å². The summed E-state index contributed by atoms with van der Waals surface area (Å²) in [5.74, 6) is 0. The highest BCUT2D eigenvalue weighted by molar-refractivity contribution is 4.79. The average Bonchev–Trinajstić information content (AvgIpc) is 2.84. The van der Waals surface area contributed by atoms with Gasteiger partial charge in [-0.05, 0) is 59.7 Å².